The van der Waals surface area contributed by atoms with Gasteiger partial charge in [0.25, 0.3) is 0 Å². The molecule has 0 spiro atoms. The minimum atomic E-state index is 0.932. The highest BCUT2D eigenvalue weighted by atomic mass is 15.1. The first-order valence-electron chi connectivity index (χ1n) is 18.1. The van der Waals surface area contributed by atoms with Crippen LogP contribution in [0.2, 0.25) is 0 Å². The van der Waals surface area contributed by atoms with Gasteiger partial charge in [0.15, 0.2) is 0 Å². The smallest absolute Gasteiger partial charge is 0.145 e. The number of benzene rings is 9. The van der Waals surface area contributed by atoms with Gasteiger partial charge in [-0.15, -0.1) is 0 Å². The second-order valence-corrected chi connectivity index (χ2v) is 13.5. The van der Waals surface area contributed by atoms with Gasteiger partial charge in [0.2, 0.25) is 0 Å². The van der Waals surface area contributed by atoms with Crippen molar-refractivity contribution < 1.29 is 0 Å². The zero-order valence-corrected chi connectivity index (χ0v) is 29.0. The maximum Gasteiger partial charge on any atom is 0.145 e. The molecule has 0 aliphatic rings. The summed E-state index contributed by atoms with van der Waals surface area (Å²) in [7, 11) is 0. The van der Waals surface area contributed by atoms with Crippen molar-refractivity contribution in [3.63, 3.8) is 0 Å². The van der Waals surface area contributed by atoms with Crippen LogP contribution in [-0.4, -0.2) is 9.55 Å². The van der Waals surface area contributed by atoms with E-state index in [2.05, 4.69) is 211 Å². The number of fused-ring (bicyclic) bond motifs is 3. The molecule has 0 atom stereocenters. The van der Waals surface area contributed by atoms with E-state index in [1.54, 1.807) is 0 Å². The topological polar surface area (TPSA) is 17.8 Å². The summed E-state index contributed by atoms with van der Waals surface area (Å²) in [6.07, 6.45) is 0. The number of nitrogens with zero attached hydrogens (tertiary/aromatic N) is 2. The molecule has 248 valence electrons. The van der Waals surface area contributed by atoms with Gasteiger partial charge in [-0.05, 0) is 96.4 Å². The lowest BCUT2D eigenvalue weighted by molar-refractivity contribution is 1.10. The van der Waals surface area contributed by atoms with E-state index in [9.17, 15) is 0 Å². The van der Waals surface area contributed by atoms with Crippen molar-refractivity contribution in [1.82, 2.24) is 9.55 Å². The average Bonchev–Trinajstić information content (AvgIpc) is 3.63. The Kier molecular flexibility index (Phi) is 7.51. The normalized spacial score (nSPS) is 11.4. The van der Waals surface area contributed by atoms with Crippen molar-refractivity contribution in [2.24, 2.45) is 0 Å². The number of imidazole rings is 1. The summed E-state index contributed by atoms with van der Waals surface area (Å²) in [6, 6.07) is 74.0. The summed E-state index contributed by atoms with van der Waals surface area (Å²) in [4.78, 5) is 5.26. The number of hydrogen-bond donors (Lipinski definition) is 0. The SMILES string of the molecule is c1ccc(-c2c3ccccc3c(-c3ccccc3)c3cc(-c4ccccc4-c4ccc5c(c4)nc(-c4ccccc4)n5-c4ccccc4)ccc23)cc1. The minimum Gasteiger partial charge on any atom is -0.292 e. The van der Waals surface area contributed by atoms with Crippen LogP contribution in [-0.2, 0) is 0 Å². The summed E-state index contributed by atoms with van der Waals surface area (Å²) < 4.78 is 2.27. The van der Waals surface area contributed by atoms with Gasteiger partial charge in [0, 0.05) is 11.3 Å². The molecule has 10 rings (SSSR count). The van der Waals surface area contributed by atoms with Crippen LogP contribution in [0.25, 0.3) is 94.2 Å². The van der Waals surface area contributed by atoms with E-state index in [-0.39, 0.29) is 0 Å². The van der Waals surface area contributed by atoms with Gasteiger partial charge in [-0.25, -0.2) is 4.98 Å². The Balaban J connectivity index is 1.19. The quantitative estimate of drug-likeness (QED) is 0.161. The molecule has 0 amide bonds. The fraction of sp³-hybridized carbons (Fsp3) is 0. The highest BCUT2D eigenvalue weighted by Gasteiger charge is 2.19. The zero-order chi connectivity index (χ0) is 35.1. The first kappa shape index (κ1) is 30.8. The average molecular weight is 675 g/mol. The van der Waals surface area contributed by atoms with E-state index in [4.69, 9.17) is 4.98 Å². The third-order valence-electron chi connectivity index (χ3n) is 10.4. The van der Waals surface area contributed by atoms with Gasteiger partial charge < -0.3 is 0 Å². The molecule has 0 bridgehead atoms. The van der Waals surface area contributed by atoms with Gasteiger partial charge in [0.05, 0.1) is 11.0 Å². The highest BCUT2D eigenvalue weighted by molar-refractivity contribution is 6.22. The first-order chi connectivity index (χ1) is 26.3. The van der Waals surface area contributed by atoms with E-state index in [0.717, 1.165) is 33.7 Å². The molecule has 0 N–H and O–H groups in total. The van der Waals surface area contributed by atoms with Crippen molar-refractivity contribution >= 4 is 32.6 Å². The van der Waals surface area contributed by atoms with Gasteiger partial charge in [-0.2, -0.15) is 0 Å². The molecule has 0 unspecified atom stereocenters. The fourth-order valence-electron chi connectivity index (χ4n) is 8.03. The molecule has 0 radical (unpaired) electrons. The van der Waals surface area contributed by atoms with Crippen LogP contribution in [0.1, 0.15) is 0 Å². The maximum absolute atomic E-state index is 5.26. The van der Waals surface area contributed by atoms with Gasteiger partial charge >= 0.3 is 0 Å². The Hall–Kier alpha value is -7.03. The van der Waals surface area contributed by atoms with Gasteiger partial charge in [0.1, 0.15) is 5.82 Å². The summed E-state index contributed by atoms with van der Waals surface area (Å²) in [5.74, 6) is 0.932. The molecular weight excluding hydrogens is 641 g/mol. The van der Waals surface area contributed by atoms with E-state index >= 15 is 0 Å². The van der Waals surface area contributed by atoms with Crippen LogP contribution < -0.4 is 0 Å². The lowest BCUT2D eigenvalue weighted by atomic mass is 9.84. The number of hydrogen-bond acceptors (Lipinski definition) is 1. The maximum atomic E-state index is 5.26. The van der Waals surface area contributed by atoms with Crippen LogP contribution in [0.3, 0.4) is 0 Å². The Morgan fingerprint density at radius 1 is 0.321 bits per heavy atom. The summed E-state index contributed by atoms with van der Waals surface area (Å²) in [6.45, 7) is 0. The van der Waals surface area contributed by atoms with Gasteiger partial charge in [-0.1, -0.05) is 176 Å². The second kappa shape index (κ2) is 12.9. The van der Waals surface area contributed by atoms with E-state index < -0.39 is 0 Å². The van der Waals surface area contributed by atoms with Gasteiger partial charge in [-0.3, -0.25) is 4.57 Å². The number of para-hydroxylation sites is 1. The number of rotatable bonds is 6. The Morgan fingerprint density at radius 3 is 1.38 bits per heavy atom. The molecule has 2 heteroatoms. The molecule has 0 fully saturated rings. The Bertz CT molecular complexity index is 2910. The lowest BCUT2D eigenvalue weighted by Crippen LogP contribution is -1.97. The fourth-order valence-corrected chi connectivity index (χ4v) is 8.03. The largest absolute Gasteiger partial charge is 0.292 e. The first-order valence-corrected chi connectivity index (χ1v) is 18.1. The van der Waals surface area contributed by atoms with Crippen molar-refractivity contribution in [3.8, 4) is 61.6 Å². The van der Waals surface area contributed by atoms with Crippen molar-refractivity contribution in [2.45, 2.75) is 0 Å². The zero-order valence-electron chi connectivity index (χ0n) is 29.0. The molecule has 0 saturated heterocycles. The lowest BCUT2D eigenvalue weighted by Gasteiger charge is -2.19. The third kappa shape index (κ3) is 5.32. The standard InChI is InChI=1S/C51H34N2/c1-5-17-35(18-6-1)49-43-27-15-16-28-44(43)50(36-19-7-2-8-20-36)46-33-38(29-31-45(46)49)41-25-13-14-26-42(41)39-30-32-48-47(34-39)52-51(37-21-9-3-10-22-37)53(48)40-23-11-4-12-24-40/h1-34H. The minimum absolute atomic E-state index is 0.932. The predicted octanol–water partition coefficient (Wildman–Crippen LogP) is 13.7. The van der Waals surface area contributed by atoms with Crippen LogP contribution >= 0.6 is 0 Å². The molecule has 10 aromatic rings. The molecular formula is C51H34N2. The molecule has 2 nitrogen and oxygen atoms in total. The molecule has 53 heavy (non-hydrogen) atoms. The molecule has 0 aliphatic heterocycles. The molecule has 9 aromatic carbocycles. The van der Waals surface area contributed by atoms with Crippen molar-refractivity contribution in [3.05, 3.63) is 206 Å². The van der Waals surface area contributed by atoms with Crippen LogP contribution in [0.15, 0.2) is 206 Å². The Morgan fingerprint density at radius 2 is 0.774 bits per heavy atom. The van der Waals surface area contributed by atoms with E-state index in [0.29, 0.717) is 0 Å². The Labute approximate surface area is 308 Å². The molecule has 1 heterocycles. The second-order valence-electron chi connectivity index (χ2n) is 13.5. The van der Waals surface area contributed by atoms with E-state index in [1.807, 2.05) is 0 Å². The molecule has 0 saturated carbocycles. The third-order valence-corrected chi connectivity index (χ3v) is 10.4. The van der Waals surface area contributed by atoms with Crippen LogP contribution in [0.5, 0.6) is 0 Å². The monoisotopic (exact) mass is 674 g/mol. The van der Waals surface area contributed by atoms with Crippen LogP contribution in [0.4, 0.5) is 0 Å². The van der Waals surface area contributed by atoms with E-state index in [1.165, 1.54) is 60.5 Å². The highest BCUT2D eigenvalue weighted by Crippen LogP contribution is 2.45. The number of aromatic nitrogens is 2. The predicted molar refractivity (Wildman–Crippen MR) is 223 cm³/mol. The summed E-state index contributed by atoms with van der Waals surface area (Å²) in [5.41, 5.74) is 13.9. The molecule has 0 aliphatic carbocycles. The summed E-state index contributed by atoms with van der Waals surface area (Å²) >= 11 is 0. The molecule has 1 aromatic heterocycles. The van der Waals surface area contributed by atoms with Crippen molar-refractivity contribution in [1.29, 1.82) is 0 Å². The van der Waals surface area contributed by atoms with Crippen LogP contribution in [0, 0.1) is 0 Å². The summed E-state index contributed by atoms with van der Waals surface area (Å²) in [5, 5.41) is 5.00. The van der Waals surface area contributed by atoms with Crippen molar-refractivity contribution in [2.75, 3.05) is 0 Å².